The molecule has 2 unspecified atom stereocenters. The third-order valence-corrected chi connectivity index (χ3v) is 6.14. The normalized spacial score (nSPS) is 23.9. The zero-order valence-corrected chi connectivity index (χ0v) is 17.0. The topological polar surface area (TPSA) is 148 Å². The van der Waals surface area contributed by atoms with Gasteiger partial charge in [0.25, 0.3) is 5.91 Å². The Balaban J connectivity index is 1.92. The van der Waals surface area contributed by atoms with Crippen LogP contribution in [0.1, 0.15) is 18.5 Å². The Morgan fingerprint density at radius 1 is 1.30 bits per heavy atom. The number of carboxylic acid groups (broad SMARTS) is 1. The molecule has 3 rings (SSSR count). The predicted octanol–water partition coefficient (Wildman–Crippen LogP) is -0.0394. The predicted molar refractivity (Wildman–Crippen MR) is 106 cm³/mol. The summed E-state index contributed by atoms with van der Waals surface area (Å²) in [5.41, 5.74) is 6.36. The smallest absolute Gasteiger partial charge is 0.352 e. The Morgan fingerprint density at radius 3 is 2.53 bits per heavy atom. The number of carbonyl (C=O) groups is 4. The van der Waals surface area contributed by atoms with Gasteiger partial charge in [-0.3, -0.25) is 19.3 Å². The van der Waals surface area contributed by atoms with Gasteiger partial charge in [0.2, 0.25) is 5.91 Å². The fourth-order valence-electron chi connectivity index (χ4n) is 3.24. The summed E-state index contributed by atoms with van der Waals surface area (Å²) >= 11 is 1.12. The number of hydrogen-bond acceptors (Lipinski definition) is 8. The average molecular weight is 435 g/mol. The first kappa shape index (κ1) is 21.8. The highest BCUT2D eigenvalue weighted by Gasteiger charge is 2.56. The van der Waals surface area contributed by atoms with Crippen molar-refractivity contribution in [2.24, 2.45) is 5.73 Å². The average Bonchev–Trinajstić information content (AvgIpc) is 2.72. The first-order chi connectivity index (χ1) is 14.3. The van der Waals surface area contributed by atoms with Crippen LogP contribution in [0.2, 0.25) is 0 Å². The Kier molecular flexibility index (Phi) is 6.44. The maximum Gasteiger partial charge on any atom is 0.352 e. The number of carbonyl (C=O) groups excluding carboxylic acids is 3. The molecule has 4 N–H and O–H groups in total. The Hall–Kier alpha value is -2.89. The number of nitrogens with one attached hydrogen (secondary N) is 1. The molecule has 0 aromatic heterocycles. The number of carboxylic acids is 1. The number of ether oxygens (including phenoxy) is 2. The Morgan fingerprint density at radius 2 is 1.97 bits per heavy atom. The van der Waals surface area contributed by atoms with E-state index in [2.05, 4.69) is 5.32 Å². The van der Waals surface area contributed by atoms with Crippen molar-refractivity contribution in [1.29, 1.82) is 0 Å². The molecule has 2 aliphatic rings. The summed E-state index contributed by atoms with van der Waals surface area (Å²) in [6, 6.07) is 7.68. The molecule has 4 atom stereocenters. The van der Waals surface area contributed by atoms with Crippen molar-refractivity contribution in [3.8, 4) is 0 Å². The maximum absolute atomic E-state index is 12.8. The number of fused-ring (bicyclic) bond motifs is 1. The molecule has 160 valence electrons. The van der Waals surface area contributed by atoms with E-state index in [1.807, 2.05) is 0 Å². The van der Waals surface area contributed by atoms with Crippen molar-refractivity contribution in [1.82, 2.24) is 10.2 Å². The van der Waals surface area contributed by atoms with Crippen molar-refractivity contribution in [3.05, 3.63) is 47.2 Å². The number of β-lactam (4-membered cyclic amide) rings is 1. The van der Waals surface area contributed by atoms with Gasteiger partial charge in [-0.05, 0) is 5.56 Å². The molecule has 0 aliphatic carbocycles. The fourth-order valence-corrected chi connectivity index (χ4v) is 4.75. The zero-order chi connectivity index (χ0) is 22.0. The van der Waals surface area contributed by atoms with E-state index < -0.39 is 53.3 Å². The lowest BCUT2D eigenvalue weighted by molar-refractivity contribution is -0.162. The molecular formula is C19H21N3O7S. The third kappa shape index (κ3) is 4.04. The second-order valence-corrected chi connectivity index (χ2v) is 7.85. The lowest BCUT2D eigenvalue weighted by atomic mass is 10.0. The highest BCUT2D eigenvalue weighted by atomic mass is 32.2. The van der Waals surface area contributed by atoms with E-state index in [-0.39, 0.29) is 11.3 Å². The first-order valence-electron chi connectivity index (χ1n) is 8.98. The molecule has 30 heavy (non-hydrogen) atoms. The molecule has 10 nitrogen and oxygen atoms in total. The molecule has 0 saturated carbocycles. The molecule has 1 fully saturated rings. The minimum atomic E-state index is -1.38. The van der Waals surface area contributed by atoms with E-state index in [0.717, 1.165) is 16.7 Å². The van der Waals surface area contributed by atoms with Gasteiger partial charge in [0.05, 0.1) is 0 Å². The molecule has 1 saturated heterocycles. The standard InChI is InChI=1S/C19H21N3O7S/c1-9(23)29-8-11-13(19(26)27)22-17(25)14(28-2)18(22)30-16(11)21-15(24)12(20)10-6-4-3-5-7-10/h3-7,12,14,16,18H,8,20H2,1-2H3,(H,21,24)(H,26,27)/t12?,14-,16?,18+/m1/s1. The van der Waals surface area contributed by atoms with Gasteiger partial charge in [0.15, 0.2) is 6.10 Å². The molecule has 0 spiro atoms. The number of amides is 2. The second-order valence-electron chi connectivity index (χ2n) is 6.63. The molecule has 0 radical (unpaired) electrons. The van der Waals surface area contributed by atoms with E-state index in [1.54, 1.807) is 30.3 Å². The number of nitrogens with zero attached hydrogens (tertiary/aromatic N) is 1. The molecule has 2 aliphatic heterocycles. The van der Waals surface area contributed by atoms with E-state index in [4.69, 9.17) is 15.2 Å². The molecule has 11 heteroatoms. The van der Waals surface area contributed by atoms with Gasteiger partial charge < -0.3 is 25.6 Å². The number of esters is 1. The second kappa shape index (κ2) is 8.86. The fraction of sp³-hybridized carbons (Fsp3) is 0.368. The highest BCUT2D eigenvalue weighted by molar-refractivity contribution is 8.00. The first-order valence-corrected chi connectivity index (χ1v) is 9.92. The zero-order valence-electron chi connectivity index (χ0n) is 16.2. The van der Waals surface area contributed by atoms with E-state index >= 15 is 0 Å². The monoisotopic (exact) mass is 435 g/mol. The van der Waals surface area contributed by atoms with Crippen molar-refractivity contribution >= 4 is 35.5 Å². The Labute approximate surface area is 176 Å². The van der Waals surface area contributed by atoms with Crippen LogP contribution in [0, 0.1) is 0 Å². The van der Waals surface area contributed by atoms with E-state index in [1.165, 1.54) is 14.0 Å². The molecule has 1 aromatic rings. The van der Waals surface area contributed by atoms with E-state index in [0.29, 0.717) is 5.56 Å². The third-order valence-electron chi connectivity index (χ3n) is 4.73. The van der Waals surface area contributed by atoms with Crippen LogP contribution in [-0.4, -0.2) is 64.3 Å². The van der Waals surface area contributed by atoms with Gasteiger partial charge in [0, 0.05) is 19.6 Å². The number of hydrogen-bond donors (Lipinski definition) is 3. The van der Waals surface area contributed by atoms with Crippen LogP contribution in [0.15, 0.2) is 41.6 Å². The Bertz CT molecular complexity index is 905. The van der Waals surface area contributed by atoms with Gasteiger partial charge in [0.1, 0.15) is 29.1 Å². The summed E-state index contributed by atoms with van der Waals surface area (Å²) in [5, 5.41) is 10.9. The lowest BCUT2D eigenvalue weighted by Crippen LogP contribution is -2.67. The van der Waals surface area contributed by atoms with Gasteiger partial charge in [-0.2, -0.15) is 0 Å². The largest absolute Gasteiger partial charge is 0.477 e. The van der Waals surface area contributed by atoms with Crippen LogP contribution in [0.5, 0.6) is 0 Å². The van der Waals surface area contributed by atoms with Crippen LogP contribution < -0.4 is 11.1 Å². The van der Waals surface area contributed by atoms with Gasteiger partial charge in [-0.1, -0.05) is 30.3 Å². The summed E-state index contributed by atoms with van der Waals surface area (Å²) in [7, 11) is 1.35. The molecule has 2 amide bonds. The summed E-state index contributed by atoms with van der Waals surface area (Å²) in [6.07, 6.45) is -0.846. The van der Waals surface area contributed by atoms with Gasteiger partial charge in [-0.25, -0.2) is 4.79 Å². The number of nitrogens with two attached hydrogens (primary N) is 1. The number of thioether (sulfide) groups is 1. The van der Waals surface area contributed by atoms with Crippen molar-refractivity contribution in [2.75, 3.05) is 13.7 Å². The molecular weight excluding hydrogens is 414 g/mol. The quantitative estimate of drug-likeness (QED) is 0.396. The molecule has 0 bridgehead atoms. The maximum atomic E-state index is 12.8. The van der Waals surface area contributed by atoms with Crippen LogP contribution in [-0.2, 0) is 28.7 Å². The van der Waals surface area contributed by atoms with Crippen molar-refractivity contribution < 1.29 is 33.8 Å². The SMILES string of the molecule is CO[C@@H]1C(=O)N2C(C(=O)O)=C(COC(C)=O)C(NC(=O)C(N)c3ccccc3)S[C@@H]12. The minimum Gasteiger partial charge on any atom is -0.477 e. The van der Waals surface area contributed by atoms with Crippen LogP contribution in [0.25, 0.3) is 0 Å². The van der Waals surface area contributed by atoms with Crippen molar-refractivity contribution in [2.45, 2.75) is 29.8 Å². The number of benzene rings is 1. The van der Waals surface area contributed by atoms with Crippen LogP contribution in [0.4, 0.5) is 0 Å². The van der Waals surface area contributed by atoms with Crippen LogP contribution in [0.3, 0.4) is 0 Å². The summed E-state index contributed by atoms with van der Waals surface area (Å²) < 4.78 is 10.1. The number of aliphatic carboxylic acids is 1. The van der Waals surface area contributed by atoms with E-state index in [9.17, 15) is 24.3 Å². The number of methoxy groups -OCH3 is 1. The number of rotatable bonds is 7. The molecule has 2 heterocycles. The summed E-state index contributed by atoms with van der Waals surface area (Å²) in [5.74, 6) is -3.07. The lowest BCUT2D eigenvalue weighted by Gasteiger charge is -2.50. The van der Waals surface area contributed by atoms with Gasteiger partial charge in [-0.15, -0.1) is 11.8 Å². The minimum absolute atomic E-state index is 0.0791. The highest BCUT2D eigenvalue weighted by Crippen LogP contribution is 2.44. The summed E-state index contributed by atoms with van der Waals surface area (Å²) in [4.78, 5) is 49.4. The van der Waals surface area contributed by atoms with Gasteiger partial charge >= 0.3 is 11.9 Å². The van der Waals surface area contributed by atoms with Crippen molar-refractivity contribution in [3.63, 3.8) is 0 Å². The molecule has 1 aromatic carbocycles. The van der Waals surface area contributed by atoms with Crippen LogP contribution >= 0.6 is 11.8 Å². The summed E-state index contributed by atoms with van der Waals surface area (Å²) in [6.45, 7) is 0.776.